The summed E-state index contributed by atoms with van der Waals surface area (Å²) in [6.07, 6.45) is -9.71. The summed E-state index contributed by atoms with van der Waals surface area (Å²) in [5.41, 5.74) is -6.85. The lowest BCUT2D eigenvalue weighted by Crippen LogP contribution is -2.76. The maximum absolute atomic E-state index is 14.5. The summed E-state index contributed by atoms with van der Waals surface area (Å²) >= 11 is 6.66. The van der Waals surface area contributed by atoms with Gasteiger partial charge >= 0.3 is 29.8 Å². The number of esters is 5. The molecule has 0 aromatic heterocycles. The van der Waals surface area contributed by atoms with Gasteiger partial charge in [-0.3, -0.25) is 24.0 Å². The van der Waals surface area contributed by atoms with E-state index < -0.39 is 153 Å². The highest BCUT2D eigenvalue weighted by Crippen LogP contribution is 2.81. The van der Waals surface area contributed by atoms with Gasteiger partial charge in [0.15, 0.2) is 11.4 Å². The van der Waals surface area contributed by atoms with Gasteiger partial charge in [0, 0.05) is 68.1 Å². The number of carbonyl (C=O) groups excluding carboxylic acids is 6. The summed E-state index contributed by atoms with van der Waals surface area (Å²) in [4.78, 5) is 79.6. The molecule has 2 heterocycles. The van der Waals surface area contributed by atoms with Crippen molar-refractivity contribution < 1.29 is 72.5 Å². The number of Topliss-reactive ketones (excluding diaryl/α,β-unsaturated/α-hetero) is 1. The molecule has 0 amide bonds. The molecule has 2 aliphatic heterocycles. The molecule has 52 heavy (non-hydrogen) atoms. The molecule has 7 fully saturated rings. The van der Waals surface area contributed by atoms with Crippen LogP contribution in [-0.4, -0.2) is 110 Å². The highest BCUT2D eigenvalue weighted by molar-refractivity contribution is 6.21. The van der Waals surface area contributed by atoms with E-state index in [-0.39, 0.29) is 6.42 Å². The number of hydrogen-bond acceptors (Lipinski definition) is 15. The third kappa shape index (κ3) is 4.28. The van der Waals surface area contributed by atoms with Gasteiger partial charge in [-0.1, -0.05) is 20.8 Å². The van der Waals surface area contributed by atoms with Crippen LogP contribution < -0.4 is 0 Å². The fourth-order valence-electron chi connectivity index (χ4n) is 12.9. The van der Waals surface area contributed by atoms with E-state index in [0.29, 0.717) is 0 Å². The van der Waals surface area contributed by atoms with E-state index in [2.05, 4.69) is 0 Å². The van der Waals surface area contributed by atoms with Crippen LogP contribution in [0.1, 0.15) is 68.7 Å². The zero-order valence-electron chi connectivity index (χ0n) is 30.5. The Hall–Kier alpha value is -2.85. The van der Waals surface area contributed by atoms with Crippen LogP contribution in [0.2, 0.25) is 0 Å². The number of ether oxygens (including phenoxy) is 6. The number of ketones is 1. The van der Waals surface area contributed by atoms with Gasteiger partial charge < -0.3 is 43.7 Å². The number of epoxide rings is 1. The van der Waals surface area contributed by atoms with Crippen molar-refractivity contribution in [2.45, 2.75) is 128 Å². The summed E-state index contributed by atoms with van der Waals surface area (Å²) < 4.78 is 36.1. The van der Waals surface area contributed by atoms with Gasteiger partial charge in [0.2, 0.25) is 5.79 Å². The number of fused-ring (bicyclic) bond motifs is 8. The number of aliphatic hydroxyl groups excluding tert-OH is 2. The van der Waals surface area contributed by atoms with E-state index in [1.54, 1.807) is 20.8 Å². The van der Waals surface area contributed by atoms with Crippen molar-refractivity contribution in [3.05, 3.63) is 0 Å². The topological polar surface area (TPSA) is 222 Å². The normalized spacial score (nSPS) is 55.2. The average Bonchev–Trinajstić information content (AvgIpc) is 3.67. The number of hydrogen-bond donors (Lipinski definition) is 3. The van der Waals surface area contributed by atoms with Gasteiger partial charge in [0.25, 0.3) is 0 Å². The lowest BCUT2D eigenvalue weighted by atomic mass is 9.40. The SMILES string of the molecule is CC(=O)O[C@@H]1[C@H]2[C@H]3[C@H]([C@H](OC(C)=O)[C@H](OC(C)=O)[C@]2(C)[C@H]2[C@H](C)[C@H]4O[C@]45OC(=O)[C@@](C)(O)[C@]5(C)[C@H]12)[C@]1(C)[C@H](C[C@@H](Cl)[C@H](OC(C)=O)[C@@H]1O)C(=O)[C@@H]3O. The Balaban J connectivity index is 1.53. The molecule has 2 saturated heterocycles. The highest BCUT2D eigenvalue weighted by Gasteiger charge is 2.93. The summed E-state index contributed by atoms with van der Waals surface area (Å²) in [6, 6.07) is 0. The zero-order chi connectivity index (χ0) is 38.6. The Kier molecular flexibility index (Phi) is 8.17. The van der Waals surface area contributed by atoms with Crippen molar-refractivity contribution in [3.63, 3.8) is 0 Å². The van der Waals surface area contributed by atoms with E-state index in [1.807, 2.05) is 6.92 Å². The molecule has 0 radical (unpaired) electrons. The molecule has 16 heteroatoms. The summed E-state index contributed by atoms with van der Waals surface area (Å²) in [5, 5.41) is 35.5. The molecule has 7 aliphatic rings. The molecule has 15 nitrogen and oxygen atoms in total. The zero-order valence-corrected chi connectivity index (χ0v) is 31.2. The van der Waals surface area contributed by atoms with E-state index in [4.69, 9.17) is 40.0 Å². The third-order valence-electron chi connectivity index (χ3n) is 14.8. The van der Waals surface area contributed by atoms with E-state index in [0.717, 1.165) is 13.8 Å². The molecule has 1 spiro atoms. The van der Waals surface area contributed by atoms with Crippen molar-refractivity contribution >= 4 is 47.2 Å². The maximum Gasteiger partial charge on any atom is 0.341 e. The van der Waals surface area contributed by atoms with Gasteiger partial charge in [-0.25, -0.2) is 4.79 Å². The van der Waals surface area contributed by atoms with Crippen molar-refractivity contribution in [2.24, 2.45) is 57.7 Å². The Morgan fingerprint density at radius 3 is 1.85 bits per heavy atom. The van der Waals surface area contributed by atoms with E-state index in [1.165, 1.54) is 20.8 Å². The fourth-order valence-corrected chi connectivity index (χ4v) is 13.2. The minimum atomic E-state index is -2.19. The number of rotatable bonds is 4. The van der Waals surface area contributed by atoms with Crippen LogP contribution in [0.3, 0.4) is 0 Å². The van der Waals surface area contributed by atoms with E-state index in [9.17, 15) is 44.1 Å². The fraction of sp³-hybridized carbons (Fsp3) is 0.833. The Labute approximate surface area is 305 Å². The lowest BCUT2D eigenvalue weighted by molar-refractivity contribution is -0.280. The largest absolute Gasteiger partial charge is 0.462 e. The lowest BCUT2D eigenvalue weighted by Gasteiger charge is -2.66. The van der Waals surface area contributed by atoms with Gasteiger partial charge in [-0.15, -0.1) is 11.6 Å². The quantitative estimate of drug-likeness (QED) is 0.157. The number of carbonyl (C=O) groups is 6. The summed E-state index contributed by atoms with van der Waals surface area (Å²) in [6.45, 7) is 12.7. The van der Waals surface area contributed by atoms with Crippen molar-refractivity contribution in [1.82, 2.24) is 0 Å². The first-order chi connectivity index (χ1) is 24.0. The van der Waals surface area contributed by atoms with Crippen LogP contribution in [0.4, 0.5) is 0 Å². The van der Waals surface area contributed by atoms with Crippen LogP contribution in [0, 0.1) is 57.7 Å². The number of aliphatic hydroxyl groups is 3. The second kappa shape index (κ2) is 11.3. The average molecular weight is 755 g/mol. The first-order valence-electron chi connectivity index (χ1n) is 17.8. The summed E-state index contributed by atoms with van der Waals surface area (Å²) in [5.74, 6) is -13.2. The molecule has 7 rings (SSSR count). The Bertz CT molecular complexity index is 1650. The van der Waals surface area contributed by atoms with Gasteiger partial charge in [0.1, 0.15) is 36.6 Å². The van der Waals surface area contributed by atoms with Crippen LogP contribution in [0.5, 0.6) is 0 Å². The molecule has 5 aliphatic carbocycles. The number of alkyl halides is 1. The predicted molar refractivity (Wildman–Crippen MR) is 172 cm³/mol. The molecule has 3 N–H and O–H groups in total. The van der Waals surface area contributed by atoms with Crippen LogP contribution in [0.25, 0.3) is 0 Å². The summed E-state index contributed by atoms with van der Waals surface area (Å²) in [7, 11) is 0. The molecule has 5 saturated carbocycles. The molecule has 0 unspecified atom stereocenters. The van der Waals surface area contributed by atoms with Crippen LogP contribution in [-0.2, 0) is 57.2 Å². The molecular weight excluding hydrogens is 708 g/mol. The molecule has 0 aromatic rings. The van der Waals surface area contributed by atoms with Crippen molar-refractivity contribution in [2.75, 3.05) is 0 Å². The number of halogens is 1. The van der Waals surface area contributed by atoms with E-state index >= 15 is 0 Å². The van der Waals surface area contributed by atoms with Gasteiger partial charge in [-0.05, 0) is 32.1 Å². The minimum Gasteiger partial charge on any atom is -0.462 e. The second-order valence-electron chi connectivity index (χ2n) is 17.0. The van der Waals surface area contributed by atoms with Crippen molar-refractivity contribution in [1.29, 1.82) is 0 Å². The predicted octanol–water partition coefficient (Wildman–Crippen LogP) is 0.825. The second-order valence-corrected chi connectivity index (χ2v) is 17.6. The molecule has 288 valence electrons. The Morgan fingerprint density at radius 2 is 1.29 bits per heavy atom. The molecular formula is C36H47ClO15. The standard InChI is InChI=1S/C36H47ClO15/c1-11-19-22(34(8)35(9,46)31(45)52-36(34)29(11)51-36)26(48-13(3)39)20-18-21(27(49-14(4)40)30(33(19,20)7)50-15(5)41)32(6)16(23(42)24(18)43)10-17(37)25(28(32)44)47-12(2)38/h11,16-22,24-30,43-44,46H,10H2,1-9H3/t11-,16+,17+,18-,19-,20+,21+,22-,24+,25-,26+,27-,28-,29+,30-,32-,33+,34-,35+,36-/m0/s1. The Morgan fingerprint density at radius 1 is 0.769 bits per heavy atom. The maximum atomic E-state index is 14.5. The van der Waals surface area contributed by atoms with Crippen molar-refractivity contribution in [3.8, 4) is 0 Å². The smallest absolute Gasteiger partial charge is 0.341 e. The molecule has 0 aromatic carbocycles. The van der Waals surface area contributed by atoms with Crippen LogP contribution >= 0.6 is 11.6 Å². The van der Waals surface area contributed by atoms with Gasteiger partial charge in [-0.2, -0.15) is 0 Å². The highest BCUT2D eigenvalue weighted by atomic mass is 35.5. The molecule has 20 atom stereocenters. The monoisotopic (exact) mass is 754 g/mol. The van der Waals surface area contributed by atoms with Gasteiger partial charge in [0.05, 0.1) is 16.9 Å². The minimum absolute atomic E-state index is 0.128. The van der Waals surface area contributed by atoms with Crippen LogP contribution in [0.15, 0.2) is 0 Å². The first-order valence-corrected chi connectivity index (χ1v) is 18.3. The third-order valence-corrected chi connectivity index (χ3v) is 15.2. The molecule has 0 bridgehead atoms. The first kappa shape index (κ1) is 37.5.